The molecule has 0 spiro atoms. The molecule has 0 bridgehead atoms. The Morgan fingerprint density at radius 1 is 0.933 bits per heavy atom. The van der Waals surface area contributed by atoms with E-state index in [4.69, 9.17) is 34.8 Å². The summed E-state index contributed by atoms with van der Waals surface area (Å²) in [6.07, 6.45) is 1.03. The third-order valence-electron chi connectivity index (χ3n) is 3.28. The van der Waals surface area contributed by atoms with Crippen LogP contribution in [0.4, 0.5) is 0 Å². The molecule has 0 saturated heterocycles. The van der Waals surface area contributed by atoms with E-state index in [-0.39, 0.29) is 6.42 Å². The van der Waals surface area contributed by atoms with Gasteiger partial charge < -0.3 is 0 Å². The van der Waals surface area contributed by atoms with Gasteiger partial charge in [0, 0.05) is 0 Å². The van der Waals surface area contributed by atoms with Crippen molar-refractivity contribution < 1.29 is 14.4 Å². The van der Waals surface area contributed by atoms with Crippen LogP contribution in [0.5, 0.6) is 0 Å². The lowest BCUT2D eigenvalue weighted by molar-refractivity contribution is -0.144. The van der Waals surface area contributed by atoms with Crippen molar-refractivity contribution in [3.8, 4) is 0 Å². The molecule has 0 aromatic carbocycles. The average Bonchev–Trinajstić information content (AvgIpc) is 2.44. The second-order valence-corrected chi connectivity index (χ2v) is 4.94. The van der Waals surface area contributed by atoms with Crippen molar-refractivity contribution in [2.24, 2.45) is 10.8 Å². The van der Waals surface area contributed by atoms with Crippen molar-refractivity contribution in [3.05, 3.63) is 0 Å². The first kappa shape index (κ1) is 12.9. The SMILES string of the molecule is CC1(C(=O)Cl)CCCC1(C(=O)Cl)C(=O)Cl. The van der Waals surface area contributed by atoms with Crippen molar-refractivity contribution in [1.29, 1.82) is 0 Å². The summed E-state index contributed by atoms with van der Waals surface area (Å²) in [7, 11) is 0. The molecule has 0 aromatic rings. The minimum atomic E-state index is -1.66. The first-order chi connectivity index (χ1) is 6.79. The molecule has 1 fully saturated rings. The van der Waals surface area contributed by atoms with Crippen molar-refractivity contribution in [2.45, 2.75) is 26.2 Å². The summed E-state index contributed by atoms with van der Waals surface area (Å²) in [6, 6.07) is 0. The van der Waals surface area contributed by atoms with Crippen LogP contribution in [0.25, 0.3) is 0 Å². The number of halogens is 3. The lowest BCUT2D eigenvalue weighted by Gasteiger charge is -2.34. The van der Waals surface area contributed by atoms with Crippen LogP contribution in [-0.2, 0) is 14.4 Å². The fourth-order valence-corrected chi connectivity index (χ4v) is 3.25. The Morgan fingerprint density at radius 2 is 1.40 bits per heavy atom. The molecule has 0 radical (unpaired) electrons. The third kappa shape index (κ3) is 1.61. The monoisotopic (exact) mass is 270 g/mol. The smallest absolute Gasteiger partial charge is 0.237 e. The zero-order valence-corrected chi connectivity index (χ0v) is 10.2. The standard InChI is InChI=1S/C9H9Cl3O3/c1-8(5(10)13)3-2-4-9(8,6(11)14)7(12)15/h2-4H2,1H3. The van der Waals surface area contributed by atoms with Crippen LogP contribution >= 0.6 is 34.8 Å². The van der Waals surface area contributed by atoms with Gasteiger partial charge in [0.2, 0.25) is 15.7 Å². The minimum Gasteiger partial charge on any atom is -0.281 e. The Kier molecular flexibility index (Phi) is 3.49. The fourth-order valence-electron chi connectivity index (χ4n) is 2.17. The second kappa shape index (κ2) is 4.04. The van der Waals surface area contributed by atoms with E-state index in [0.29, 0.717) is 12.8 Å². The predicted molar refractivity (Wildman–Crippen MR) is 57.0 cm³/mol. The molecule has 0 N–H and O–H groups in total. The summed E-state index contributed by atoms with van der Waals surface area (Å²) in [6.45, 7) is 1.45. The highest BCUT2D eigenvalue weighted by atomic mass is 35.5. The molecule has 1 aliphatic carbocycles. The highest BCUT2D eigenvalue weighted by molar-refractivity contribution is 6.76. The lowest BCUT2D eigenvalue weighted by atomic mass is 9.69. The van der Waals surface area contributed by atoms with Gasteiger partial charge in [0.15, 0.2) is 0 Å². The first-order valence-corrected chi connectivity index (χ1v) is 5.52. The molecule has 0 amide bonds. The molecule has 84 valence electrons. The molecule has 0 aromatic heterocycles. The van der Waals surface area contributed by atoms with Gasteiger partial charge >= 0.3 is 0 Å². The summed E-state index contributed by atoms with van der Waals surface area (Å²) < 4.78 is 0. The van der Waals surface area contributed by atoms with E-state index >= 15 is 0 Å². The van der Waals surface area contributed by atoms with Gasteiger partial charge in [-0.15, -0.1) is 0 Å². The summed E-state index contributed by atoms with van der Waals surface area (Å²) in [5.74, 6) is 0. The Bertz CT molecular complexity index is 325. The van der Waals surface area contributed by atoms with Crippen molar-refractivity contribution in [2.75, 3.05) is 0 Å². The van der Waals surface area contributed by atoms with Crippen LogP contribution in [-0.4, -0.2) is 15.7 Å². The third-order valence-corrected chi connectivity index (χ3v) is 4.34. The Labute approximate surface area is 102 Å². The summed E-state index contributed by atoms with van der Waals surface area (Å²) >= 11 is 16.3. The largest absolute Gasteiger partial charge is 0.281 e. The minimum absolute atomic E-state index is 0.173. The fraction of sp³-hybridized carbons (Fsp3) is 0.667. The van der Waals surface area contributed by atoms with E-state index in [1.807, 2.05) is 0 Å². The van der Waals surface area contributed by atoms with Gasteiger partial charge in [0.25, 0.3) is 0 Å². The van der Waals surface area contributed by atoms with Gasteiger partial charge in [-0.1, -0.05) is 6.42 Å². The molecule has 1 aliphatic rings. The van der Waals surface area contributed by atoms with E-state index < -0.39 is 26.6 Å². The summed E-state index contributed by atoms with van der Waals surface area (Å²) in [5.41, 5.74) is -2.94. The molecule has 1 atom stereocenters. The van der Waals surface area contributed by atoms with Crippen LogP contribution in [0, 0.1) is 10.8 Å². The van der Waals surface area contributed by atoms with Crippen LogP contribution in [0.3, 0.4) is 0 Å². The Balaban J connectivity index is 3.35. The van der Waals surface area contributed by atoms with Crippen LogP contribution in [0.1, 0.15) is 26.2 Å². The number of hydrogen-bond donors (Lipinski definition) is 0. The highest BCUT2D eigenvalue weighted by Crippen LogP contribution is 2.56. The molecule has 6 heteroatoms. The van der Waals surface area contributed by atoms with Crippen LogP contribution in [0.15, 0.2) is 0 Å². The molecule has 3 nitrogen and oxygen atoms in total. The van der Waals surface area contributed by atoms with Gasteiger partial charge in [-0.25, -0.2) is 0 Å². The van der Waals surface area contributed by atoms with Crippen molar-refractivity contribution in [1.82, 2.24) is 0 Å². The lowest BCUT2D eigenvalue weighted by Crippen LogP contribution is -2.48. The van der Waals surface area contributed by atoms with Gasteiger partial charge in [0.05, 0.1) is 5.41 Å². The normalized spacial score (nSPS) is 28.8. The molecule has 0 aliphatic heterocycles. The van der Waals surface area contributed by atoms with Crippen LogP contribution in [0.2, 0.25) is 0 Å². The number of rotatable bonds is 3. The zero-order chi connectivity index (χ0) is 11.9. The highest BCUT2D eigenvalue weighted by Gasteiger charge is 2.63. The summed E-state index contributed by atoms with van der Waals surface area (Å²) in [4.78, 5) is 34.1. The molecular formula is C9H9Cl3O3. The van der Waals surface area contributed by atoms with Gasteiger partial charge in [-0.05, 0) is 54.6 Å². The van der Waals surface area contributed by atoms with Crippen molar-refractivity contribution in [3.63, 3.8) is 0 Å². The van der Waals surface area contributed by atoms with Gasteiger partial charge in [-0.2, -0.15) is 0 Å². The van der Waals surface area contributed by atoms with Crippen molar-refractivity contribution >= 4 is 50.5 Å². The van der Waals surface area contributed by atoms with E-state index in [9.17, 15) is 14.4 Å². The Hall–Kier alpha value is -0.120. The molecule has 15 heavy (non-hydrogen) atoms. The molecular weight excluding hydrogens is 262 g/mol. The number of hydrogen-bond acceptors (Lipinski definition) is 3. The van der Waals surface area contributed by atoms with Crippen LogP contribution < -0.4 is 0 Å². The summed E-state index contributed by atoms with van der Waals surface area (Å²) in [5, 5.41) is -2.56. The molecule has 1 rings (SSSR count). The molecule has 1 unspecified atom stereocenters. The van der Waals surface area contributed by atoms with Gasteiger partial charge in [0.1, 0.15) is 5.41 Å². The average molecular weight is 272 g/mol. The zero-order valence-electron chi connectivity index (χ0n) is 7.98. The maximum absolute atomic E-state index is 11.4. The number of carbonyl (C=O) groups excluding carboxylic acids is 3. The first-order valence-electron chi connectivity index (χ1n) is 4.39. The molecule has 0 heterocycles. The maximum Gasteiger partial charge on any atom is 0.237 e. The Morgan fingerprint density at radius 3 is 1.67 bits per heavy atom. The van der Waals surface area contributed by atoms with E-state index in [1.54, 1.807) is 0 Å². The van der Waals surface area contributed by atoms with Gasteiger partial charge in [-0.3, -0.25) is 14.4 Å². The topological polar surface area (TPSA) is 51.2 Å². The van der Waals surface area contributed by atoms with E-state index in [0.717, 1.165) is 0 Å². The second-order valence-electron chi connectivity index (χ2n) is 3.91. The predicted octanol–water partition coefficient (Wildman–Crippen LogP) is 2.46. The van der Waals surface area contributed by atoms with E-state index in [1.165, 1.54) is 6.92 Å². The van der Waals surface area contributed by atoms with E-state index in [2.05, 4.69) is 0 Å². The number of carbonyl (C=O) groups is 3. The quantitative estimate of drug-likeness (QED) is 0.585. The maximum atomic E-state index is 11.4. The molecule has 1 saturated carbocycles.